The maximum atomic E-state index is 14.3. The second-order valence-corrected chi connectivity index (χ2v) is 7.93. The molecular formula is C17H20F4O5S. The number of carbonyl (C=O) groups is 1. The number of esters is 1. The molecule has 0 N–H and O–H groups in total. The van der Waals surface area contributed by atoms with Crippen LogP contribution in [0.4, 0.5) is 17.6 Å². The summed E-state index contributed by atoms with van der Waals surface area (Å²) in [5, 5.41) is 0. The monoisotopic (exact) mass is 412 g/mol. The van der Waals surface area contributed by atoms with E-state index in [0.717, 1.165) is 6.07 Å². The Morgan fingerprint density at radius 1 is 1.19 bits per heavy atom. The van der Waals surface area contributed by atoms with Gasteiger partial charge < -0.3 is 8.92 Å². The molecule has 1 aliphatic carbocycles. The van der Waals surface area contributed by atoms with Gasteiger partial charge in [-0.3, -0.25) is 4.79 Å². The quantitative estimate of drug-likeness (QED) is 0.302. The molecule has 1 fully saturated rings. The lowest BCUT2D eigenvalue weighted by Crippen LogP contribution is -2.28. The molecule has 1 aromatic carbocycles. The highest BCUT2D eigenvalue weighted by Gasteiger charge is 2.48. The molecule has 1 aliphatic rings. The Bertz CT molecular complexity index is 768. The van der Waals surface area contributed by atoms with E-state index >= 15 is 0 Å². The zero-order valence-corrected chi connectivity index (χ0v) is 15.4. The minimum atomic E-state index is -5.84. The van der Waals surface area contributed by atoms with E-state index < -0.39 is 27.2 Å². The number of benzene rings is 1. The molecule has 0 radical (unpaired) electrons. The maximum Gasteiger partial charge on any atom is 0.534 e. The highest BCUT2D eigenvalue weighted by Crippen LogP contribution is 2.39. The van der Waals surface area contributed by atoms with Crippen LogP contribution in [0, 0.1) is 11.7 Å². The molecule has 0 atom stereocenters. The average Bonchev–Trinajstić information content (AvgIpc) is 2.55. The van der Waals surface area contributed by atoms with E-state index in [4.69, 9.17) is 4.74 Å². The van der Waals surface area contributed by atoms with Crippen molar-refractivity contribution >= 4 is 16.1 Å². The van der Waals surface area contributed by atoms with Crippen LogP contribution in [0.1, 0.15) is 50.5 Å². The summed E-state index contributed by atoms with van der Waals surface area (Å²) < 4.78 is 82.1. The topological polar surface area (TPSA) is 69.7 Å². The highest BCUT2D eigenvalue weighted by atomic mass is 32.2. The number of hydrogen-bond donors (Lipinski definition) is 0. The van der Waals surface area contributed by atoms with Crippen LogP contribution in [-0.4, -0.2) is 26.5 Å². The number of rotatable bonds is 6. The summed E-state index contributed by atoms with van der Waals surface area (Å²) in [6.07, 6.45) is 2.93. The molecule has 0 unspecified atom stereocenters. The van der Waals surface area contributed by atoms with Gasteiger partial charge >= 0.3 is 21.6 Å². The number of carbonyl (C=O) groups excluding carboxylic acids is 1. The molecule has 0 spiro atoms. The van der Waals surface area contributed by atoms with Gasteiger partial charge in [-0.15, -0.1) is 0 Å². The van der Waals surface area contributed by atoms with Crippen LogP contribution in [0.25, 0.3) is 0 Å². The van der Waals surface area contributed by atoms with Gasteiger partial charge in [0.2, 0.25) is 0 Å². The van der Waals surface area contributed by atoms with Crippen LogP contribution < -0.4 is 4.18 Å². The Kier molecular flexibility index (Phi) is 6.72. The Labute approximate surface area is 154 Å². The number of alkyl halides is 3. The SMILES string of the molecule is CCOC(=O)CC1CCC(c2ccc(OS(=O)(=O)C(F)(F)F)cc2F)CC1. The van der Waals surface area contributed by atoms with Gasteiger partial charge in [0.05, 0.1) is 6.61 Å². The smallest absolute Gasteiger partial charge is 0.466 e. The van der Waals surface area contributed by atoms with Crippen LogP contribution in [0.5, 0.6) is 5.75 Å². The van der Waals surface area contributed by atoms with Gasteiger partial charge in [-0.2, -0.15) is 21.6 Å². The molecule has 152 valence electrons. The van der Waals surface area contributed by atoms with Crippen LogP contribution in [-0.2, 0) is 19.6 Å². The summed E-state index contributed by atoms with van der Waals surface area (Å²) in [7, 11) is -5.84. The lowest BCUT2D eigenvalue weighted by atomic mass is 9.77. The standard InChI is InChI=1S/C17H20F4O5S/c1-2-25-16(22)9-11-3-5-12(6-4-11)14-8-7-13(10-15(14)18)26-27(23,24)17(19,20)21/h7-8,10-12H,2-6,9H2,1H3. The van der Waals surface area contributed by atoms with Gasteiger partial charge in [-0.1, -0.05) is 6.07 Å². The molecule has 5 nitrogen and oxygen atoms in total. The number of hydrogen-bond acceptors (Lipinski definition) is 5. The number of ether oxygens (including phenoxy) is 1. The third-order valence-corrected chi connectivity index (χ3v) is 5.49. The fraction of sp³-hybridized carbons (Fsp3) is 0.588. The second-order valence-electron chi connectivity index (χ2n) is 6.39. The third-order valence-electron chi connectivity index (χ3n) is 4.51. The van der Waals surface area contributed by atoms with Crippen LogP contribution >= 0.6 is 0 Å². The van der Waals surface area contributed by atoms with E-state index in [1.807, 2.05) is 0 Å². The Balaban J connectivity index is 2.00. The highest BCUT2D eigenvalue weighted by molar-refractivity contribution is 7.88. The van der Waals surface area contributed by atoms with Gasteiger partial charge in [0, 0.05) is 12.5 Å². The van der Waals surface area contributed by atoms with Crippen molar-refractivity contribution in [2.24, 2.45) is 5.92 Å². The Hall–Kier alpha value is -1.84. The first kappa shape index (κ1) is 21.5. The van der Waals surface area contributed by atoms with Gasteiger partial charge in [0.15, 0.2) is 0 Å². The van der Waals surface area contributed by atoms with Crippen LogP contribution in [0.2, 0.25) is 0 Å². The molecule has 2 rings (SSSR count). The van der Waals surface area contributed by atoms with Crippen molar-refractivity contribution in [3.05, 3.63) is 29.6 Å². The first-order chi connectivity index (χ1) is 12.5. The molecule has 1 aromatic rings. The zero-order chi connectivity index (χ0) is 20.2. The minimum absolute atomic E-state index is 0.155. The predicted octanol–water partition coefficient (Wildman–Crippen LogP) is 4.28. The van der Waals surface area contributed by atoms with Crippen molar-refractivity contribution in [2.45, 2.75) is 50.5 Å². The van der Waals surface area contributed by atoms with E-state index in [0.29, 0.717) is 50.3 Å². The minimum Gasteiger partial charge on any atom is -0.466 e. The lowest BCUT2D eigenvalue weighted by Gasteiger charge is -2.28. The average molecular weight is 412 g/mol. The van der Waals surface area contributed by atoms with Crippen LogP contribution in [0.15, 0.2) is 18.2 Å². The van der Waals surface area contributed by atoms with E-state index in [1.54, 1.807) is 6.92 Å². The molecule has 0 aliphatic heterocycles. The number of halogens is 4. The fourth-order valence-corrected chi connectivity index (χ4v) is 3.65. The van der Waals surface area contributed by atoms with Crippen LogP contribution in [0.3, 0.4) is 0 Å². The third kappa shape index (κ3) is 5.57. The molecular weight excluding hydrogens is 392 g/mol. The first-order valence-electron chi connectivity index (χ1n) is 8.49. The van der Waals surface area contributed by atoms with Crippen molar-refractivity contribution in [1.29, 1.82) is 0 Å². The summed E-state index contributed by atoms with van der Waals surface area (Å²) in [5.41, 5.74) is -5.29. The van der Waals surface area contributed by atoms with Crippen molar-refractivity contribution in [3.63, 3.8) is 0 Å². The van der Waals surface area contributed by atoms with Gasteiger partial charge in [-0.05, 0) is 56.1 Å². The normalized spacial score (nSPS) is 20.9. The Morgan fingerprint density at radius 3 is 2.33 bits per heavy atom. The maximum absolute atomic E-state index is 14.3. The zero-order valence-electron chi connectivity index (χ0n) is 14.6. The van der Waals surface area contributed by atoms with Gasteiger partial charge in [0.25, 0.3) is 0 Å². The molecule has 0 saturated heterocycles. The second kappa shape index (κ2) is 8.45. The van der Waals surface area contributed by atoms with Gasteiger partial charge in [0.1, 0.15) is 11.6 Å². The molecule has 10 heteroatoms. The summed E-state index contributed by atoms with van der Waals surface area (Å²) in [4.78, 5) is 11.5. The lowest BCUT2D eigenvalue weighted by molar-refractivity contribution is -0.144. The Morgan fingerprint density at radius 2 is 1.81 bits per heavy atom. The molecule has 0 aromatic heterocycles. The fourth-order valence-electron chi connectivity index (χ4n) is 3.20. The largest absolute Gasteiger partial charge is 0.534 e. The van der Waals surface area contributed by atoms with Crippen molar-refractivity contribution in [1.82, 2.24) is 0 Å². The molecule has 0 bridgehead atoms. The molecule has 27 heavy (non-hydrogen) atoms. The summed E-state index contributed by atoms with van der Waals surface area (Å²) >= 11 is 0. The predicted molar refractivity (Wildman–Crippen MR) is 88.0 cm³/mol. The van der Waals surface area contributed by atoms with Crippen molar-refractivity contribution in [2.75, 3.05) is 6.61 Å². The molecule has 0 heterocycles. The van der Waals surface area contributed by atoms with Gasteiger partial charge in [-0.25, -0.2) is 4.39 Å². The molecule has 1 saturated carbocycles. The van der Waals surface area contributed by atoms with Crippen molar-refractivity contribution in [3.8, 4) is 5.75 Å². The van der Waals surface area contributed by atoms with E-state index in [9.17, 15) is 30.8 Å². The van der Waals surface area contributed by atoms with E-state index in [2.05, 4.69) is 4.18 Å². The van der Waals surface area contributed by atoms with E-state index in [1.165, 1.54) is 6.07 Å². The van der Waals surface area contributed by atoms with E-state index in [-0.39, 0.29) is 17.8 Å². The molecule has 0 amide bonds. The first-order valence-corrected chi connectivity index (χ1v) is 9.90. The summed E-state index contributed by atoms with van der Waals surface area (Å²) in [5.74, 6) is -1.82. The van der Waals surface area contributed by atoms with Crippen molar-refractivity contribution < 1.29 is 39.7 Å². The summed E-state index contributed by atoms with van der Waals surface area (Å²) in [6, 6.07) is 2.89. The summed E-state index contributed by atoms with van der Waals surface area (Å²) in [6.45, 7) is 2.04.